The highest BCUT2D eigenvalue weighted by molar-refractivity contribution is 7.21. The van der Waals surface area contributed by atoms with E-state index in [2.05, 4.69) is 18.7 Å². The average molecular weight is 433 g/mol. The largest absolute Gasteiger partial charge is 0.397 e. The van der Waals surface area contributed by atoms with Crippen molar-refractivity contribution >= 4 is 39.0 Å². The SMILES string of the molecule is CC1(C)Cc2c(c(N3CCOCC3)nc3sc(C(=O)N4CCOCC4)c(N)c23)CO1. The molecule has 2 fully saturated rings. The molecule has 2 aromatic rings. The van der Waals surface area contributed by atoms with Crippen LogP contribution in [0.3, 0.4) is 0 Å². The average Bonchev–Trinajstić information content (AvgIpc) is 3.09. The Labute approximate surface area is 179 Å². The number of pyridine rings is 1. The molecule has 30 heavy (non-hydrogen) atoms. The summed E-state index contributed by atoms with van der Waals surface area (Å²) in [6.07, 6.45) is 0.741. The van der Waals surface area contributed by atoms with Crippen molar-refractivity contribution in [3.63, 3.8) is 0 Å². The van der Waals surface area contributed by atoms with E-state index < -0.39 is 0 Å². The Balaban J connectivity index is 1.64. The van der Waals surface area contributed by atoms with Crippen molar-refractivity contribution in [3.05, 3.63) is 16.0 Å². The number of carbonyl (C=O) groups excluding carboxylic acids is 1. The summed E-state index contributed by atoms with van der Waals surface area (Å²) in [5.74, 6) is 0.926. The second-order valence-electron chi connectivity index (χ2n) is 8.65. The maximum Gasteiger partial charge on any atom is 0.266 e. The third kappa shape index (κ3) is 3.43. The molecule has 8 nitrogen and oxygen atoms in total. The first-order valence-electron chi connectivity index (χ1n) is 10.5. The molecule has 0 spiro atoms. The summed E-state index contributed by atoms with van der Waals surface area (Å²) < 4.78 is 17.1. The number of rotatable bonds is 2. The molecular formula is C21H28N4O4S. The highest BCUT2D eigenvalue weighted by atomic mass is 32.1. The van der Waals surface area contributed by atoms with E-state index >= 15 is 0 Å². The number of fused-ring (bicyclic) bond motifs is 3. The molecule has 3 aliphatic rings. The maximum atomic E-state index is 13.2. The van der Waals surface area contributed by atoms with Crippen molar-refractivity contribution in [1.82, 2.24) is 9.88 Å². The van der Waals surface area contributed by atoms with Crippen molar-refractivity contribution < 1.29 is 19.0 Å². The molecule has 1 amide bonds. The number of morpholine rings is 2. The standard InChI is InChI=1S/C21H28N4O4S/c1-21(2)11-13-14(12-29-21)18(24-3-7-27-8-4-24)23-19-15(13)16(22)17(30-19)20(26)25-5-9-28-10-6-25/h3-12,22H2,1-2H3. The molecule has 0 radical (unpaired) electrons. The molecule has 3 aliphatic heterocycles. The molecule has 0 aromatic carbocycles. The first-order chi connectivity index (χ1) is 14.4. The molecule has 5 heterocycles. The number of amides is 1. The molecule has 162 valence electrons. The Bertz CT molecular complexity index is 977. The van der Waals surface area contributed by atoms with Crippen molar-refractivity contribution in [1.29, 1.82) is 0 Å². The summed E-state index contributed by atoms with van der Waals surface area (Å²) in [6, 6.07) is 0. The lowest BCUT2D eigenvalue weighted by Gasteiger charge is -2.36. The third-order valence-electron chi connectivity index (χ3n) is 6.08. The Morgan fingerprint density at radius 2 is 1.73 bits per heavy atom. The number of ether oxygens (including phenoxy) is 3. The van der Waals surface area contributed by atoms with Crippen LogP contribution in [0.2, 0.25) is 0 Å². The summed E-state index contributed by atoms with van der Waals surface area (Å²) in [5, 5.41) is 0.931. The minimum Gasteiger partial charge on any atom is -0.397 e. The zero-order chi connectivity index (χ0) is 20.9. The third-order valence-corrected chi connectivity index (χ3v) is 7.17. The smallest absolute Gasteiger partial charge is 0.266 e. The van der Waals surface area contributed by atoms with Gasteiger partial charge in [-0.25, -0.2) is 4.98 Å². The van der Waals surface area contributed by atoms with Crippen molar-refractivity contribution in [2.75, 3.05) is 63.2 Å². The van der Waals surface area contributed by atoms with Crippen LogP contribution in [-0.2, 0) is 27.2 Å². The van der Waals surface area contributed by atoms with Crippen LogP contribution in [0.25, 0.3) is 10.2 Å². The quantitative estimate of drug-likeness (QED) is 0.777. The van der Waals surface area contributed by atoms with Gasteiger partial charge in [0.1, 0.15) is 15.5 Å². The predicted molar refractivity (Wildman–Crippen MR) is 116 cm³/mol. The van der Waals surface area contributed by atoms with Crippen LogP contribution in [0.1, 0.15) is 34.6 Å². The molecule has 2 saturated heterocycles. The minimum absolute atomic E-state index is 0.0215. The molecule has 0 bridgehead atoms. The predicted octanol–water partition coefficient (Wildman–Crippen LogP) is 2.04. The Kier molecular flexibility index (Phi) is 5.09. The first kappa shape index (κ1) is 20.0. The van der Waals surface area contributed by atoms with Gasteiger partial charge in [0.2, 0.25) is 0 Å². The van der Waals surface area contributed by atoms with E-state index in [0.717, 1.165) is 41.1 Å². The van der Waals surface area contributed by atoms with Gasteiger partial charge in [-0.05, 0) is 19.4 Å². The van der Waals surface area contributed by atoms with Crippen LogP contribution >= 0.6 is 11.3 Å². The van der Waals surface area contributed by atoms with Crippen LogP contribution in [0.4, 0.5) is 11.5 Å². The monoisotopic (exact) mass is 432 g/mol. The molecule has 9 heteroatoms. The molecular weight excluding hydrogens is 404 g/mol. The molecule has 5 rings (SSSR count). The fourth-order valence-corrected chi connectivity index (χ4v) is 5.54. The summed E-state index contributed by atoms with van der Waals surface area (Å²) in [6.45, 7) is 9.99. The van der Waals surface area contributed by atoms with Crippen LogP contribution in [0, 0.1) is 0 Å². The van der Waals surface area contributed by atoms with E-state index in [9.17, 15) is 4.79 Å². The first-order valence-corrected chi connectivity index (χ1v) is 11.3. The summed E-state index contributed by atoms with van der Waals surface area (Å²) in [7, 11) is 0. The van der Waals surface area contributed by atoms with E-state index in [4.69, 9.17) is 24.9 Å². The highest BCUT2D eigenvalue weighted by Gasteiger charge is 2.34. The zero-order valence-corrected chi connectivity index (χ0v) is 18.3. The van der Waals surface area contributed by atoms with Gasteiger partial charge in [-0.2, -0.15) is 0 Å². The Morgan fingerprint density at radius 1 is 1.07 bits per heavy atom. The fraction of sp³-hybridized carbons (Fsp3) is 0.619. The second-order valence-corrected chi connectivity index (χ2v) is 9.65. The topological polar surface area (TPSA) is 90.2 Å². The van der Waals surface area contributed by atoms with Gasteiger partial charge in [0.05, 0.1) is 44.3 Å². The van der Waals surface area contributed by atoms with E-state index in [0.29, 0.717) is 56.7 Å². The van der Waals surface area contributed by atoms with Gasteiger partial charge in [0, 0.05) is 43.5 Å². The molecule has 0 saturated carbocycles. The number of nitrogens with zero attached hydrogens (tertiary/aromatic N) is 3. The van der Waals surface area contributed by atoms with Crippen LogP contribution in [-0.4, -0.2) is 74.0 Å². The highest BCUT2D eigenvalue weighted by Crippen LogP contribution is 2.44. The number of hydrogen-bond donors (Lipinski definition) is 1. The number of nitrogens with two attached hydrogens (primary N) is 1. The van der Waals surface area contributed by atoms with Crippen molar-refractivity contribution in [2.45, 2.75) is 32.5 Å². The molecule has 2 N–H and O–H groups in total. The Hall–Kier alpha value is -1.94. The fourth-order valence-electron chi connectivity index (χ4n) is 4.45. The Morgan fingerprint density at radius 3 is 2.43 bits per heavy atom. The minimum atomic E-state index is -0.285. The van der Waals surface area contributed by atoms with Gasteiger partial charge >= 0.3 is 0 Å². The molecule has 0 atom stereocenters. The second kappa shape index (κ2) is 7.64. The van der Waals surface area contributed by atoms with Crippen LogP contribution in [0.15, 0.2) is 0 Å². The lowest BCUT2D eigenvalue weighted by Crippen LogP contribution is -2.40. The van der Waals surface area contributed by atoms with E-state index in [1.54, 1.807) is 0 Å². The lowest BCUT2D eigenvalue weighted by atomic mass is 9.89. The number of nitrogen functional groups attached to an aromatic ring is 1. The summed E-state index contributed by atoms with van der Waals surface area (Å²) in [4.78, 5) is 23.7. The number of aromatic nitrogens is 1. The number of anilines is 2. The van der Waals surface area contributed by atoms with Gasteiger partial charge in [-0.15, -0.1) is 11.3 Å². The van der Waals surface area contributed by atoms with Gasteiger partial charge < -0.3 is 29.7 Å². The molecule has 0 unspecified atom stereocenters. The summed E-state index contributed by atoms with van der Waals surface area (Å²) >= 11 is 1.41. The van der Waals surface area contributed by atoms with Gasteiger partial charge in [0.15, 0.2) is 0 Å². The van der Waals surface area contributed by atoms with E-state index in [1.165, 1.54) is 16.9 Å². The number of hydrogen-bond acceptors (Lipinski definition) is 8. The summed E-state index contributed by atoms with van der Waals surface area (Å²) in [5.41, 5.74) is 9.15. The van der Waals surface area contributed by atoms with Gasteiger partial charge in [-0.3, -0.25) is 4.79 Å². The van der Waals surface area contributed by atoms with Gasteiger partial charge in [-0.1, -0.05) is 0 Å². The van der Waals surface area contributed by atoms with Gasteiger partial charge in [0.25, 0.3) is 5.91 Å². The molecule has 0 aliphatic carbocycles. The maximum absolute atomic E-state index is 13.2. The van der Waals surface area contributed by atoms with Crippen molar-refractivity contribution in [2.24, 2.45) is 0 Å². The molecule has 2 aromatic heterocycles. The number of carbonyl (C=O) groups is 1. The zero-order valence-electron chi connectivity index (χ0n) is 17.5. The number of thiophene rings is 1. The van der Waals surface area contributed by atoms with E-state index in [-0.39, 0.29) is 11.5 Å². The van der Waals surface area contributed by atoms with E-state index in [1.807, 2.05) is 4.90 Å². The normalized spacial score (nSPS) is 21.7. The van der Waals surface area contributed by atoms with Crippen LogP contribution < -0.4 is 10.6 Å². The van der Waals surface area contributed by atoms with Crippen LogP contribution in [0.5, 0.6) is 0 Å². The lowest BCUT2D eigenvalue weighted by molar-refractivity contribution is -0.0396. The van der Waals surface area contributed by atoms with Crippen molar-refractivity contribution in [3.8, 4) is 0 Å².